The molecule has 4 heteroatoms. The predicted molar refractivity (Wildman–Crippen MR) is 57.6 cm³/mol. The van der Waals surface area contributed by atoms with Gasteiger partial charge >= 0.3 is 6.18 Å². The summed E-state index contributed by atoms with van der Waals surface area (Å²) in [6.45, 7) is 5.89. The zero-order valence-corrected chi connectivity index (χ0v) is 9.44. The van der Waals surface area contributed by atoms with Crippen LogP contribution in [0.5, 0.6) is 0 Å². The Balaban J connectivity index is 2.53. The van der Waals surface area contributed by atoms with E-state index in [1.807, 2.05) is 20.8 Å². The molecule has 0 aromatic heterocycles. The molecule has 1 unspecified atom stereocenters. The first-order valence-corrected chi connectivity index (χ1v) is 5.21. The Bertz CT molecular complexity index is 421. The Morgan fingerprint density at radius 2 is 1.88 bits per heavy atom. The molecule has 0 bridgehead atoms. The van der Waals surface area contributed by atoms with Gasteiger partial charge in [-0.2, -0.15) is 13.2 Å². The zero-order valence-electron chi connectivity index (χ0n) is 9.44. The fourth-order valence-corrected chi connectivity index (χ4v) is 2.03. The maximum Gasteiger partial charge on any atom is 0.416 e. The first-order chi connectivity index (χ1) is 7.23. The number of halogens is 3. The second kappa shape index (κ2) is 3.15. The number of nitrogens with one attached hydrogen (secondary N) is 1. The van der Waals surface area contributed by atoms with Gasteiger partial charge in [-0.1, -0.05) is 13.8 Å². The lowest BCUT2D eigenvalue weighted by Crippen LogP contribution is -2.30. The van der Waals surface area contributed by atoms with E-state index in [-0.39, 0.29) is 11.5 Å². The van der Waals surface area contributed by atoms with Gasteiger partial charge in [0.05, 0.1) is 5.56 Å². The molecule has 1 nitrogen and oxygen atoms in total. The fourth-order valence-electron chi connectivity index (χ4n) is 2.03. The van der Waals surface area contributed by atoms with Crippen molar-refractivity contribution < 1.29 is 13.2 Å². The summed E-state index contributed by atoms with van der Waals surface area (Å²) in [5, 5.41) is 3.20. The summed E-state index contributed by atoms with van der Waals surface area (Å²) in [7, 11) is 0. The summed E-state index contributed by atoms with van der Waals surface area (Å²) in [4.78, 5) is 0. The van der Waals surface area contributed by atoms with E-state index in [1.165, 1.54) is 12.1 Å². The summed E-state index contributed by atoms with van der Waals surface area (Å²) in [5.74, 6) is 0. The van der Waals surface area contributed by atoms with Crippen LogP contribution in [0.3, 0.4) is 0 Å². The lowest BCUT2D eigenvalue weighted by Gasteiger charge is -2.24. The Morgan fingerprint density at radius 3 is 2.44 bits per heavy atom. The van der Waals surface area contributed by atoms with Crippen LogP contribution in [0.4, 0.5) is 18.9 Å². The van der Waals surface area contributed by atoms with E-state index >= 15 is 0 Å². The van der Waals surface area contributed by atoms with Gasteiger partial charge in [0.25, 0.3) is 0 Å². The Morgan fingerprint density at radius 1 is 1.25 bits per heavy atom. The van der Waals surface area contributed by atoms with Crippen molar-refractivity contribution in [2.24, 2.45) is 0 Å². The highest BCUT2D eigenvalue weighted by atomic mass is 19.4. The molecule has 16 heavy (non-hydrogen) atoms. The fraction of sp³-hybridized carbons (Fsp3) is 0.500. The van der Waals surface area contributed by atoms with Crippen molar-refractivity contribution in [2.75, 3.05) is 5.32 Å². The third kappa shape index (κ3) is 1.56. The lowest BCUT2D eigenvalue weighted by molar-refractivity contribution is -0.137. The van der Waals surface area contributed by atoms with Crippen molar-refractivity contribution >= 4 is 5.69 Å². The molecule has 0 saturated heterocycles. The monoisotopic (exact) mass is 229 g/mol. The molecule has 1 aromatic carbocycles. The van der Waals surface area contributed by atoms with E-state index in [0.717, 1.165) is 17.3 Å². The first-order valence-electron chi connectivity index (χ1n) is 5.21. The van der Waals surface area contributed by atoms with Crippen LogP contribution in [0.15, 0.2) is 18.2 Å². The van der Waals surface area contributed by atoms with Crippen molar-refractivity contribution in [2.45, 2.75) is 38.4 Å². The minimum absolute atomic E-state index is 0.144. The van der Waals surface area contributed by atoms with Gasteiger partial charge in [-0.15, -0.1) is 0 Å². The molecule has 0 amide bonds. The first kappa shape index (κ1) is 11.3. The highest BCUT2D eigenvalue weighted by molar-refractivity contribution is 5.62. The lowest BCUT2D eigenvalue weighted by atomic mass is 9.81. The number of fused-ring (bicyclic) bond motifs is 1. The smallest absolute Gasteiger partial charge is 0.381 e. The highest BCUT2D eigenvalue weighted by Gasteiger charge is 2.39. The summed E-state index contributed by atoms with van der Waals surface area (Å²) in [6.07, 6.45) is -4.27. The molecule has 1 aliphatic rings. The van der Waals surface area contributed by atoms with E-state index in [0.29, 0.717) is 0 Å². The summed E-state index contributed by atoms with van der Waals surface area (Å²) in [6, 6.07) is 4.04. The topological polar surface area (TPSA) is 12.0 Å². The molecule has 88 valence electrons. The number of hydrogen-bond donors (Lipinski definition) is 1. The van der Waals surface area contributed by atoms with Crippen LogP contribution >= 0.6 is 0 Å². The molecule has 0 saturated carbocycles. The average Bonchev–Trinajstić information content (AvgIpc) is 2.37. The molecule has 0 spiro atoms. The van der Waals surface area contributed by atoms with Gasteiger partial charge < -0.3 is 5.32 Å². The second-order valence-corrected chi connectivity index (χ2v) is 4.85. The minimum atomic E-state index is -4.27. The van der Waals surface area contributed by atoms with E-state index in [4.69, 9.17) is 0 Å². The van der Waals surface area contributed by atoms with Crippen LogP contribution in [0.25, 0.3) is 0 Å². The largest absolute Gasteiger partial charge is 0.416 e. The summed E-state index contributed by atoms with van der Waals surface area (Å²) < 4.78 is 37.8. The molecule has 1 aliphatic heterocycles. The van der Waals surface area contributed by atoms with E-state index in [1.54, 1.807) is 0 Å². The Hall–Kier alpha value is -1.19. The van der Waals surface area contributed by atoms with Crippen LogP contribution in [-0.2, 0) is 11.6 Å². The third-order valence-corrected chi connectivity index (χ3v) is 3.50. The third-order valence-electron chi connectivity index (χ3n) is 3.50. The second-order valence-electron chi connectivity index (χ2n) is 4.85. The molecule has 0 fully saturated rings. The number of anilines is 1. The van der Waals surface area contributed by atoms with Crippen LogP contribution in [0.1, 0.15) is 31.9 Å². The number of rotatable bonds is 0. The van der Waals surface area contributed by atoms with Gasteiger partial charge in [0, 0.05) is 17.1 Å². The van der Waals surface area contributed by atoms with Gasteiger partial charge in [0.2, 0.25) is 0 Å². The van der Waals surface area contributed by atoms with Crippen LogP contribution < -0.4 is 5.32 Å². The molecule has 1 N–H and O–H groups in total. The minimum Gasteiger partial charge on any atom is -0.381 e. The Labute approximate surface area is 92.7 Å². The Kier molecular flexibility index (Phi) is 2.23. The standard InChI is InChI=1S/C12H14F3N/c1-7-11(2,3)9-6-8(12(13,14)15)4-5-10(9)16-7/h4-7,16H,1-3H3. The van der Waals surface area contributed by atoms with Gasteiger partial charge in [0.15, 0.2) is 0 Å². The highest BCUT2D eigenvalue weighted by Crippen LogP contribution is 2.43. The molecule has 0 aliphatic carbocycles. The molecular formula is C12H14F3N. The van der Waals surface area contributed by atoms with Crippen LogP contribution in [-0.4, -0.2) is 6.04 Å². The molecule has 1 aromatic rings. The number of alkyl halides is 3. The molecule has 1 heterocycles. The van der Waals surface area contributed by atoms with Crippen molar-refractivity contribution in [3.63, 3.8) is 0 Å². The van der Waals surface area contributed by atoms with Crippen molar-refractivity contribution in [1.29, 1.82) is 0 Å². The van der Waals surface area contributed by atoms with Crippen molar-refractivity contribution in [3.05, 3.63) is 29.3 Å². The number of benzene rings is 1. The van der Waals surface area contributed by atoms with Gasteiger partial charge in [0.1, 0.15) is 0 Å². The average molecular weight is 229 g/mol. The molecule has 1 atom stereocenters. The van der Waals surface area contributed by atoms with E-state index < -0.39 is 11.7 Å². The zero-order chi connectivity index (χ0) is 12.1. The summed E-state index contributed by atoms with van der Waals surface area (Å²) >= 11 is 0. The van der Waals surface area contributed by atoms with E-state index in [2.05, 4.69) is 5.32 Å². The van der Waals surface area contributed by atoms with Crippen LogP contribution in [0, 0.1) is 0 Å². The molecular weight excluding hydrogens is 215 g/mol. The maximum absolute atomic E-state index is 12.6. The van der Waals surface area contributed by atoms with Gasteiger partial charge in [-0.05, 0) is 30.7 Å². The SMILES string of the molecule is CC1Nc2ccc(C(F)(F)F)cc2C1(C)C. The van der Waals surface area contributed by atoms with Crippen LogP contribution in [0.2, 0.25) is 0 Å². The maximum atomic E-state index is 12.6. The molecule has 2 rings (SSSR count). The quantitative estimate of drug-likeness (QED) is 0.713. The normalized spacial score (nSPS) is 22.8. The molecule has 0 radical (unpaired) electrons. The van der Waals surface area contributed by atoms with Gasteiger partial charge in [-0.25, -0.2) is 0 Å². The van der Waals surface area contributed by atoms with Crippen molar-refractivity contribution in [1.82, 2.24) is 0 Å². The predicted octanol–water partition coefficient (Wildman–Crippen LogP) is 3.80. The van der Waals surface area contributed by atoms with Gasteiger partial charge in [-0.3, -0.25) is 0 Å². The number of hydrogen-bond acceptors (Lipinski definition) is 1. The van der Waals surface area contributed by atoms with E-state index in [9.17, 15) is 13.2 Å². The van der Waals surface area contributed by atoms with Crippen molar-refractivity contribution in [3.8, 4) is 0 Å². The summed E-state index contributed by atoms with van der Waals surface area (Å²) in [5.41, 5.74) is 0.715.